The summed E-state index contributed by atoms with van der Waals surface area (Å²) in [6.45, 7) is 0.265. The van der Waals surface area contributed by atoms with E-state index in [0.717, 1.165) is 16.7 Å². The Morgan fingerprint density at radius 1 is 1.32 bits per heavy atom. The Bertz CT molecular complexity index is 1420. The van der Waals surface area contributed by atoms with E-state index >= 15 is 0 Å². The molecule has 4 N–H and O–H groups in total. The highest BCUT2D eigenvalue weighted by atomic mass is 32.2. The zero-order chi connectivity index (χ0) is 26.2. The Morgan fingerprint density at radius 3 is 2.97 bits per heavy atom. The Hall–Kier alpha value is -2.81. The number of aromatic nitrogens is 2. The van der Waals surface area contributed by atoms with Crippen LogP contribution in [0.5, 0.6) is 0 Å². The number of ether oxygens (including phenoxy) is 1. The van der Waals surface area contributed by atoms with Crippen LogP contribution in [0, 0.1) is 11.7 Å². The minimum atomic E-state index is -4.11. The Labute approximate surface area is 216 Å². The lowest BCUT2D eigenvalue weighted by Crippen LogP contribution is -2.24. The molecule has 0 amide bonds. The molecule has 0 radical (unpaired) electrons. The highest BCUT2D eigenvalue weighted by Gasteiger charge is 2.35. The average Bonchev–Trinajstić information content (AvgIpc) is 3.48. The van der Waals surface area contributed by atoms with E-state index in [-0.39, 0.29) is 29.8 Å². The van der Waals surface area contributed by atoms with Gasteiger partial charge >= 0.3 is 10.3 Å². The molecule has 0 saturated heterocycles. The molecular formula is C24H25FN4O6S2. The van der Waals surface area contributed by atoms with Crippen molar-refractivity contribution in [3.8, 4) is 0 Å². The number of benzene rings is 1. The number of nitrogens with one attached hydrogen (secondary N) is 1. The third-order valence-corrected chi connectivity index (χ3v) is 8.01. The number of anilines is 1. The smallest absolute Gasteiger partial charge is 0.333 e. The minimum absolute atomic E-state index is 0.234. The van der Waals surface area contributed by atoms with Crippen molar-refractivity contribution in [2.45, 2.75) is 37.5 Å². The molecular weight excluding hydrogens is 523 g/mol. The molecule has 3 heterocycles. The maximum atomic E-state index is 13.9. The minimum Gasteiger partial charge on any atom is -0.393 e. The van der Waals surface area contributed by atoms with E-state index in [1.165, 1.54) is 36.0 Å². The predicted octanol–water partition coefficient (Wildman–Crippen LogP) is 2.34. The number of hydrogen-bond donors (Lipinski definition) is 3. The van der Waals surface area contributed by atoms with E-state index in [1.54, 1.807) is 12.1 Å². The van der Waals surface area contributed by atoms with E-state index in [1.807, 2.05) is 5.38 Å². The van der Waals surface area contributed by atoms with Crippen LogP contribution in [0.2, 0.25) is 0 Å². The van der Waals surface area contributed by atoms with Gasteiger partial charge in [0, 0.05) is 18.2 Å². The fourth-order valence-electron chi connectivity index (χ4n) is 4.82. The number of aliphatic hydroxyl groups is 1. The van der Waals surface area contributed by atoms with Crippen LogP contribution in [-0.4, -0.2) is 54.6 Å². The number of nitrogens with two attached hydrogens (primary N) is 1. The average molecular weight is 549 g/mol. The lowest BCUT2D eigenvalue weighted by molar-refractivity contribution is 0.0698. The van der Waals surface area contributed by atoms with Gasteiger partial charge in [0.05, 0.1) is 29.8 Å². The van der Waals surface area contributed by atoms with Crippen LogP contribution in [-0.2, 0) is 25.6 Å². The number of fused-ring (bicyclic) bond motifs is 1. The summed E-state index contributed by atoms with van der Waals surface area (Å²) in [4.78, 5) is 22.1. The van der Waals surface area contributed by atoms with Crippen molar-refractivity contribution in [1.29, 1.82) is 0 Å². The Balaban J connectivity index is 1.32. The molecule has 2 aromatic heterocycles. The molecule has 2 aliphatic rings. The molecule has 0 unspecified atom stereocenters. The van der Waals surface area contributed by atoms with E-state index in [2.05, 4.69) is 19.5 Å². The van der Waals surface area contributed by atoms with Crippen molar-refractivity contribution in [3.05, 3.63) is 75.1 Å². The molecule has 0 bridgehead atoms. The zero-order valence-electron chi connectivity index (χ0n) is 19.5. The first-order valence-electron chi connectivity index (χ1n) is 11.6. The van der Waals surface area contributed by atoms with Gasteiger partial charge in [-0.3, -0.25) is 8.98 Å². The SMILES string of the molecule is NS(=O)(=O)OC[C@H]1C[C@@H](Nc2ncncc2C(=O)c2cc([C@H]3OCCc4ccc(F)cc43)cs2)C[C@@H]1O. The normalized spacial score (nSPS) is 23.5. The maximum Gasteiger partial charge on any atom is 0.333 e. The molecule has 10 nitrogen and oxygen atoms in total. The molecule has 196 valence electrons. The topological polar surface area (TPSA) is 154 Å². The van der Waals surface area contributed by atoms with Crippen LogP contribution in [0.3, 0.4) is 0 Å². The van der Waals surface area contributed by atoms with Crippen molar-refractivity contribution in [3.63, 3.8) is 0 Å². The number of rotatable bonds is 8. The van der Waals surface area contributed by atoms with Gasteiger partial charge in [-0.15, -0.1) is 11.3 Å². The lowest BCUT2D eigenvalue weighted by atomic mass is 9.94. The third-order valence-electron chi connectivity index (χ3n) is 6.59. The predicted molar refractivity (Wildman–Crippen MR) is 133 cm³/mol. The lowest BCUT2D eigenvalue weighted by Gasteiger charge is -2.25. The van der Waals surface area contributed by atoms with Crippen LogP contribution in [0.15, 0.2) is 42.2 Å². The molecule has 5 rings (SSSR count). The van der Waals surface area contributed by atoms with Gasteiger partial charge in [-0.05, 0) is 59.5 Å². The number of carbonyl (C=O) groups is 1. The first kappa shape index (κ1) is 25.8. The van der Waals surface area contributed by atoms with Crippen LogP contribution in [0.4, 0.5) is 10.2 Å². The molecule has 13 heteroatoms. The number of aliphatic hydroxyl groups excluding tert-OH is 1. The summed E-state index contributed by atoms with van der Waals surface area (Å²) in [7, 11) is -4.11. The number of carbonyl (C=O) groups excluding carboxylic acids is 1. The van der Waals surface area contributed by atoms with Crippen LogP contribution >= 0.6 is 11.3 Å². The van der Waals surface area contributed by atoms with Gasteiger partial charge in [0.25, 0.3) is 0 Å². The van der Waals surface area contributed by atoms with E-state index in [0.29, 0.717) is 36.6 Å². The molecule has 1 saturated carbocycles. The number of ketones is 1. The first-order chi connectivity index (χ1) is 17.7. The molecule has 1 aliphatic heterocycles. The largest absolute Gasteiger partial charge is 0.393 e. The monoisotopic (exact) mass is 548 g/mol. The van der Waals surface area contributed by atoms with Crippen LogP contribution in [0.25, 0.3) is 0 Å². The van der Waals surface area contributed by atoms with Gasteiger partial charge in [-0.25, -0.2) is 19.5 Å². The Kier molecular flexibility index (Phi) is 7.34. The molecule has 37 heavy (non-hydrogen) atoms. The first-order valence-corrected chi connectivity index (χ1v) is 14.0. The Morgan fingerprint density at radius 2 is 2.16 bits per heavy atom. The summed E-state index contributed by atoms with van der Waals surface area (Å²) in [5.41, 5.74) is 2.80. The van der Waals surface area contributed by atoms with Crippen LogP contribution < -0.4 is 10.5 Å². The molecule has 0 spiro atoms. The van der Waals surface area contributed by atoms with Gasteiger partial charge in [-0.1, -0.05) is 6.07 Å². The molecule has 1 aliphatic carbocycles. The summed E-state index contributed by atoms with van der Waals surface area (Å²) in [6.07, 6.45) is 2.88. The number of hydrogen-bond acceptors (Lipinski definition) is 10. The van der Waals surface area contributed by atoms with Gasteiger partial charge in [0.2, 0.25) is 5.78 Å². The number of nitrogens with zero attached hydrogens (tertiary/aromatic N) is 2. The summed E-state index contributed by atoms with van der Waals surface area (Å²) in [5.74, 6) is -0.767. The van der Waals surface area contributed by atoms with Crippen LogP contribution in [0.1, 0.15) is 50.9 Å². The quantitative estimate of drug-likeness (QED) is 0.360. The van der Waals surface area contributed by atoms with Gasteiger partial charge in [0.15, 0.2) is 0 Å². The second-order valence-electron chi connectivity index (χ2n) is 9.12. The van der Waals surface area contributed by atoms with Crippen molar-refractivity contribution >= 4 is 33.2 Å². The van der Waals surface area contributed by atoms with Crippen molar-refractivity contribution < 1.29 is 31.6 Å². The second kappa shape index (κ2) is 10.5. The molecule has 1 aromatic carbocycles. The highest BCUT2D eigenvalue weighted by molar-refractivity contribution is 7.84. The van der Waals surface area contributed by atoms with Gasteiger partial charge in [-0.2, -0.15) is 8.42 Å². The number of halogens is 1. The van der Waals surface area contributed by atoms with Crippen molar-refractivity contribution in [2.24, 2.45) is 11.1 Å². The fourth-order valence-corrected chi connectivity index (χ4v) is 6.06. The zero-order valence-corrected chi connectivity index (χ0v) is 21.2. The molecule has 3 aromatic rings. The van der Waals surface area contributed by atoms with Gasteiger partial charge in [0.1, 0.15) is 24.1 Å². The third kappa shape index (κ3) is 5.87. The van der Waals surface area contributed by atoms with E-state index in [4.69, 9.17) is 9.88 Å². The number of thiophene rings is 1. The summed E-state index contributed by atoms with van der Waals surface area (Å²) in [5, 5.41) is 20.2. The maximum absolute atomic E-state index is 13.9. The molecule has 1 fully saturated rings. The van der Waals surface area contributed by atoms with Crippen molar-refractivity contribution in [2.75, 3.05) is 18.5 Å². The van der Waals surface area contributed by atoms with Gasteiger partial charge < -0.3 is 15.2 Å². The van der Waals surface area contributed by atoms with E-state index in [9.17, 15) is 22.7 Å². The fraction of sp³-hybridized carbons (Fsp3) is 0.375. The van der Waals surface area contributed by atoms with E-state index < -0.39 is 28.4 Å². The standard InChI is InChI=1S/C24H25FN4O6S2/c25-16-2-1-13-3-4-34-23(18(13)7-16)15-6-21(36-11-15)22(31)19-9-27-12-28-24(19)29-17-5-14(20(30)8-17)10-35-37(26,32)33/h1-2,6-7,9,11-12,14,17,20,23,30H,3-5,8,10H2,(H2,26,32,33)(H,27,28,29)/t14-,17-,20+,23-/m1/s1. The highest BCUT2D eigenvalue weighted by Crippen LogP contribution is 2.36. The van der Waals surface area contributed by atoms with Crippen molar-refractivity contribution in [1.82, 2.24) is 9.97 Å². The molecule has 4 atom stereocenters. The summed E-state index contributed by atoms with van der Waals surface area (Å²) < 4.78 is 46.6. The summed E-state index contributed by atoms with van der Waals surface area (Å²) >= 11 is 1.25. The summed E-state index contributed by atoms with van der Waals surface area (Å²) in [6, 6.07) is 6.15. The second-order valence-corrected chi connectivity index (χ2v) is 11.3.